The van der Waals surface area contributed by atoms with Crippen LogP contribution in [0.2, 0.25) is 0 Å². The largest absolute Gasteiger partial charge is 0.508 e. The summed E-state index contributed by atoms with van der Waals surface area (Å²) in [4.78, 5) is 12.1. The Balaban J connectivity index is 1.79. The molecule has 3 aromatic rings. The molecule has 5 nitrogen and oxygen atoms in total. The van der Waals surface area contributed by atoms with Crippen molar-refractivity contribution in [3.63, 3.8) is 0 Å². The van der Waals surface area contributed by atoms with Crippen molar-refractivity contribution in [1.29, 1.82) is 0 Å². The zero-order valence-electron chi connectivity index (χ0n) is 12.5. The number of aromatic nitrogens is 1. The average molecular weight is 348 g/mol. The molecule has 0 aliphatic heterocycles. The van der Waals surface area contributed by atoms with Crippen LogP contribution >= 0.6 is 0 Å². The van der Waals surface area contributed by atoms with Crippen LogP contribution in [-0.4, -0.2) is 16.2 Å². The number of phenols is 1. The second kappa shape index (κ2) is 6.31. The van der Waals surface area contributed by atoms with E-state index in [0.29, 0.717) is 5.56 Å². The van der Waals surface area contributed by atoms with Crippen LogP contribution in [0, 0.1) is 0 Å². The normalized spacial score (nSPS) is 11.3. The third-order valence-corrected chi connectivity index (χ3v) is 3.32. The van der Waals surface area contributed by atoms with Gasteiger partial charge in [0.15, 0.2) is 11.5 Å². The van der Waals surface area contributed by atoms with Gasteiger partial charge in [-0.3, -0.25) is 4.79 Å². The topological polar surface area (TPSA) is 75.4 Å². The van der Waals surface area contributed by atoms with Gasteiger partial charge in [-0.05, 0) is 30.3 Å². The standard InChI is InChI=1S/C17H11F3N2O3/c18-17(19,20)11-4-2-5-12(8-11)21-16(24)14-9-15(25-22-14)10-3-1-6-13(23)7-10/h1-9,23H,(H,21,24). The van der Waals surface area contributed by atoms with Crippen LogP contribution in [0.4, 0.5) is 18.9 Å². The Morgan fingerprint density at radius 1 is 1.08 bits per heavy atom. The first-order valence-corrected chi connectivity index (χ1v) is 7.08. The molecule has 2 N–H and O–H groups in total. The van der Waals surface area contributed by atoms with Gasteiger partial charge in [-0.25, -0.2) is 0 Å². The molecular formula is C17H11F3N2O3. The second-order valence-corrected chi connectivity index (χ2v) is 5.16. The van der Waals surface area contributed by atoms with Gasteiger partial charge in [-0.15, -0.1) is 0 Å². The zero-order chi connectivity index (χ0) is 18.0. The first-order chi connectivity index (χ1) is 11.8. The first-order valence-electron chi connectivity index (χ1n) is 7.08. The van der Waals surface area contributed by atoms with Gasteiger partial charge < -0.3 is 14.9 Å². The molecular weight excluding hydrogens is 337 g/mol. The van der Waals surface area contributed by atoms with Crippen molar-refractivity contribution in [3.8, 4) is 17.1 Å². The fourth-order valence-electron chi connectivity index (χ4n) is 2.15. The molecule has 128 valence electrons. The molecule has 1 amide bonds. The van der Waals surface area contributed by atoms with Crippen LogP contribution in [0.3, 0.4) is 0 Å². The van der Waals surface area contributed by atoms with E-state index in [4.69, 9.17) is 4.52 Å². The molecule has 8 heteroatoms. The summed E-state index contributed by atoms with van der Waals surface area (Å²) in [6.45, 7) is 0. The number of anilines is 1. The van der Waals surface area contributed by atoms with Crippen LogP contribution in [0.5, 0.6) is 5.75 Å². The van der Waals surface area contributed by atoms with E-state index >= 15 is 0 Å². The molecule has 3 rings (SSSR count). The molecule has 2 aromatic carbocycles. The molecule has 25 heavy (non-hydrogen) atoms. The SMILES string of the molecule is O=C(Nc1cccc(C(F)(F)F)c1)c1cc(-c2cccc(O)c2)on1. The minimum Gasteiger partial charge on any atom is -0.508 e. The van der Waals surface area contributed by atoms with Crippen LogP contribution in [0.25, 0.3) is 11.3 Å². The summed E-state index contributed by atoms with van der Waals surface area (Å²) in [7, 11) is 0. The highest BCUT2D eigenvalue weighted by Crippen LogP contribution is 2.31. The van der Waals surface area contributed by atoms with Crippen LogP contribution < -0.4 is 5.32 Å². The number of rotatable bonds is 3. The summed E-state index contributed by atoms with van der Waals surface area (Å²) in [6, 6.07) is 11.7. The van der Waals surface area contributed by atoms with Crippen molar-refractivity contribution in [2.45, 2.75) is 6.18 Å². The van der Waals surface area contributed by atoms with Crippen molar-refractivity contribution in [1.82, 2.24) is 5.16 Å². The quantitative estimate of drug-likeness (QED) is 0.739. The number of phenolic OH excluding ortho intramolecular Hbond substituents is 1. The van der Waals surface area contributed by atoms with E-state index in [0.717, 1.165) is 12.1 Å². The maximum absolute atomic E-state index is 12.7. The Kier molecular flexibility index (Phi) is 4.18. The number of hydrogen-bond donors (Lipinski definition) is 2. The number of nitrogens with zero attached hydrogens (tertiary/aromatic N) is 1. The molecule has 0 radical (unpaired) electrons. The highest BCUT2D eigenvalue weighted by molar-refractivity contribution is 6.03. The Bertz CT molecular complexity index is 919. The number of carbonyl (C=O) groups excluding carboxylic acids is 1. The van der Waals surface area contributed by atoms with E-state index in [1.807, 2.05) is 0 Å². The molecule has 0 unspecified atom stereocenters. The highest BCUT2D eigenvalue weighted by Gasteiger charge is 2.30. The average Bonchev–Trinajstić information content (AvgIpc) is 3.04. The summed E-state index contributed by atoms with van der Waals surface area (Å²) in [6.07, 6.45) is -4.50. The summed E-state index contributed by atoms with van der Waals surface area (Å²) >= 11 is 0. The third kappa shape index (κ3) is 3.79. The van der Waals surface area contributed by atoms with Crippen LogP contribution in [0.1, 0.15) is 16.1 Å². The van der Waals surface area contributed by atoms with Crippen molar-refractivity contribution in [2.75, 3.05) is 5.32 Å². The number of benzene rings is 2. The van der Waals surface area contributed by atoms with E-state index in [1.54, 1.807) is 12.1 Å². The van der Waals surface area contributed by atoms with Gasteiger partial charge in [0.25, 0.3) is 5.91 Å². The summed E-state index contributed by atoms with van der Waals surface area (Å²) in [5.74, 6) is -0.455. The van der Waals surface area contributed by atoms with E-state index in [2.05, 4.69) is 10.5 Å². The second-order valence-electron chi connectivity index (χ2n) is 5.16. The predicted octanol–water partition coefficient (Wildman–Crippen LogP) is 4.32. The van der Waals surface area contributed by atoms with Gasteiger partial charge in [0.05, 0.1) is 5.56 Å². The van der Waals surface area contributed by atoms with Crippen molar-refractivity contribution >= 4 is 11.6 Å². The number of halogens is 3. The summed E-state index contributed by atoms with van der Waals surface area (Å²) in [5.41, 5.74) is -0.478. The van der Waals surface area contributed by atoms with E-state index < -0.39 is 17.6 Å². The Labute approximate surface area is 139 Å². The van der Waals surface area contributed by atoms with Crippen LogP contribution in [-0.2, 0) is 6.18 Å². The van der Waals surface area contributed by atoms with Gasteiger partial charge >= 0.3 is 6.18 Å². The number of carbonyl (C=O) groups is 1. The minimum atomic E-state index is -4.50. The van der Waals surface area contributed by atoms with E-state index in [9.17, 15) is 23.1 Å². The lowest BCUT2D eigenvalue weighted by Gasteiger charge is -2.08. The van der Waals surface area contributed by atoms with Crippen LogP contribution in [0.15, 0.2) is 59.1 Å². The number of nitrogens with one attached hydrogen (secondary N) is 1. The maximum Gasteiger partial charge on any atom is 0.416 e. The summed E-state index contributed by atoms with van der Waals surface area (Å²) < 4.78 is 43.1. The molecule has 0 saturated carbocycles. The molecule has 0 aliphatic carbocycles. The lowest BCUT2D eigenvalue weighted by Crippen LogP contribution is -2.13. The Morgan fingerprint density at radius 3 is 2.56 bits per heavy atom. The number of aromatic hydroxyl groups is 1. The molecule has 0 spiro atoms. The van der Waals surface area contributed by atoms with Crippen molar-refractivity contribution in [3.05, 3.63) is 65.9 Å². The van der Waals surface area contributed by atoms with Gasteiger partial charge in [-0.2, -0.15) is 13.2 Å². The maximum atomic E-state index is 12.7. The highest BCUT2D eigenvalue weighted by atomic mass is 19.4. The molecule has 0 fully saturated rings. The third-order valence-electron chi connectivity index (χ3n) is 3.32. The van der Waals surface area contributed by atoms with E-state index in [1.165, 1.54) is 30.3 Å². The number of alkyl halides is 3. The van der Waals surface area contributed by atoms with Gasteiger partial charge in [-0.1, -0.05) is 23.4 Å². The van der Waals surface area contributed by atoms with Gasteiger partial charge in [0, 0.05) is 17.3 Å². The lowest BCUT2D eigenvalue weighted by atomic mass is 10.1. The fraction of sp³-hybridized carbons (Fsp3) is 0.0588. The molecule has 0 saturated heterocycles. The predicted molar refractivity (Wildman–Crippen MR) is 83.0 cm³/mol. The number of amides is 1. The molecule has 1 heterocycles. The molecule has 0 atom stereocenters. The Hall–Kier alpha value is -3.29. The summed E-state index contributed by atoms with van der Waals surface area (Å²) in [5, 5.41) is 15.4. The van der Waals surface area contributed by atoms with Gasteiger partial charge in [0.1, 0.15) is 5.75 Å². The zero-order valence-corrected chi connectivity index (χ0v) is 12.5. The smallest absolute Gasteiger partial charge is 0.416 e. The molecule has 0 aliphatic rings. The van der Waals surface area contributed by atoms with Crippen molar-refractivity contribution < 1.29 is 27.6 Å². The molecule has 1 aromatic heterocycles. The first kappa shape index (κ1) is 16.6. The lowest BCUT2D eigenvalue weighted by molar-refractivity contribution is -0.137. The van der Waals surface area contributed by atoms with Crippen molar-refractivity contribution in [2.24, 2.45) is 0 Å². The monoisotopic (exact) mass is 348 g/mol. The fourth-order valence-corrected chi connectivity index (χ4v) is 2.15. The Morgan fingerprint density at radius 2 is 1.84 bits per heavy atom. The van der Waals surface area contributed by atoms with Gasteiger partial charge in [0.2, 0.25) is 0 Å². The molecule has 0 bridgehead atoms. The minimum absolute atomic E-state index is 0.0123. The number of hydrogen-bond acceptors (Lipinski definition) is 4. The van der Waals surface area contributed by atoms with E-state index in [-0.39, 0.29) is 22.9 Å².